The lowest BCUT2D eigenvalue weighted by molar-refractivity contribution is -0.138. The van der Waals surface area contributed by atoms with Gasteiger partial charge in [0.05, 0.1) is 18.6 Å². The third-order valence-electron chi connectivity index (χ3n) is 2.69. The smallest absolute Gasteiger partial charge is 0.315 e. The lowest BCUT2D eigenvalue weighted by atomic mass is 9.85. The predicted octanol–water partition coefficient (Wildman–Crippen LogP) is 1.60. The summed E-state index contributed by atoms with van der Waals surface area (Å²) in [6, 6.07) is -0.827. The molecule has 0 aliphatic heterocycles. The summed E-state index contributed by atoms with van der Waals surface area (Å²) in [7, 11) is 1.56. The number of ether oxygens (including phenoxy) is 1. The third kappa shape index (κ3) is 7.66. The Kier molecular flexibility index (Phi) is 6.29. The molecule has 1 unspecified atom stereocenters. The van der Waals surface area contributed by atoms with Crippen LogP contribution in [0.3, 0.4) is 0 Å². The van der Waals surface area contributed by atoms with Gasteiger partial charge in [0.1, 0.15) is 0 Å². The first kappa shape index (κ1) is 17.7. The average Bonchev–Trinajstić information content (AvgIpc) is 2.12. The molecule has 0 saturated heterocycles. The van der Waals surface area contributed by atoms with Gasteiger partial charge in [0.2, 0.25) is 0 Å². The number of nitrogens with one attached hydrogen (secondary N) is 2. The summed E-state index contributed by atoms with van der Waals surface area (Å²) >= 11 is 0. The summed E-state index contributed by atoms with van der Waals surface area (Å²) in [5.41, 5.74) is -0.842. The lowest BCUT2D eigenvalue weighted by Crippen LogP contribution is -2.55. The molecule has 2 amide bonds. The molecule has 0 heterocycles. The van der Waals surface area contributed by atoms with Crippen LogP contribution in [0.25, 0.3) is 0 Å². The minimum Gasteiger partial charge on any atom is -0.481 e. The van der Waals surface area contributed by atoms with Crippen molar-refractivity contribution >= 4 is 12.0 Å². The third-order valence-corrected chi connectivity index (χ3v) is 2.69. The second-order valence-corrected chi connectivity index (χ2v) is 6.43. The molecule has 0 saturated carbocycles. The van der Waals surface area contributed by atoms with Gasteiger partial charge >= 0.3 is 12.0 Å². The van der Waals surface area contributed by atoms with Crippen LogP contribution < -0.4 is 10.6 Å². The van der Waals surface area contributed by atoms with Crippen LogP contribution in [0.1, 0.15) is 41.0 Å². The Labute approximate surface area is 114 Å². The number of carboxylic acid groups (broad SMARTS) is 1. The number of hydrogen-bond donors (Lipinski definition) is 3. The average molecular weight is 274 g/mol. The van der Waals surface area contributed by atoms with E-state index in [1.54, 1.807) is 7.11 Å². The van der Waals surface area contributed by atoms with Crippen molar-refractivity contribution in [3.63, 3.8) is 0 Å². The molecular formula is C13H26N2O4. The molecule has 0 aliphatic rings. The van der Waals surface area contributed by atoms with Crippen LogP contribution in [0.2, 0.25) is 0 Å². The lowest BCUT2D eigenvalue weighted by Gasteiger charge is -2.32. The molecule has 0 fully saturated rings. The van der Waals surface area contributed by atoms with Gasteiger partial charge < -0.3 is 20.5 Å². The molecule has 19 heavy (non-hydrogen) atoms. The Morgan fingerprint density at radius 1 is 1.21 bits per heavy atom. The van der Waals surface area contributed by atoms with Crippen LogP contribution in [0.15, 0.2) is 0 Å². The second-order valence-electron chi connectivity index (χ2n) is 6.43. The summed E-state index contributed by atoms with van der Waals surface area (Å²) in [6.07, 6.45) is -0.109. The Balaban J connectivity index is 4.60. The molecule has 0 bridgehead atoms. The highest BCUT2D eigenvalue weighted by atomic mass is 16.5. The van der Waals surface area contributed by atoms with Crippen molar-refractivity contribution in [2.45, 2.75) is 52.6 Å². The van der Waals surface area contributed by atoms with E-state index in [1.165, 1.54) is 0 Å². The van der Waals surface area contributed by atoms with Crippen molar-refractivity contribution in [2.24, 2.45) is 5.41 Å². The SMILES string of the molecule is COCC(C)(C)NC(=O)NC(CC(=O)O)C(C)(C)C. The molecule has 0 rings (SSSR count). The number of carboxylic acids is 1. The highest BCUT2D eigenvalue weighted by Crippen LogP contribution is 2.21. The summed E-state index contributed by atoms with van der Waals surface area (Å²) in [6.45, 7) is 9.71. The molecule has 1 atom stereocenters. The Hall–Kier alpha value is -1.30. The first-order chi connectivity index (χ1) is 8.48. The van der Waals surface area contributed by atoms with E-state index in [0.717, 1.165) is 0 Å². The number of carbonyl (C=O) groups is 2. The van der Waals surface area contributed by atoms with Crippen molar-refractivity contribution < 1.29 is 19.4 Å². The van der Waals surface area contributed by atoms with Gasteiger partial charge in [-0.2, -0.15) is 0 Å². The zero-order valence-corrected chi connectivity index (χ0v) is 12.7. The maximum Gasteiger partial charge on any atom is 0.315 e. The van der Waals surface area contributed by atoms with E-state index in [0.29, 0.717) is 6.61 Å². The molecule has 0 radical (unpaired) electrons. The first-order valence-electron chi connectivity index (χ1n) is 6.27. The van der Waals surface area contributed by atoms with E-state index in [-0.39, 0.29) is 17.9 Å². The first-order valence-corrected chi connectivity index (χ1v) is 6.27. The standard InChI is InChI=1S/C13H26N2O4/c1-12(2,3)9(7-10(16)17)14-11(18)15-13(4,5)8-19-6/h9H,7-8H2,1-6H3,(H,16,17)(H2,14,15,18). The summed E-state index contributed by atoms with van der Waals surface area (Å²) in [4.78, 5) is 22.7. The van der Waals surface area contributed by atoms with Crippen LogP contribution in [-0.2, 0) is 9.53 Å². The highest BCUT2D eigenvalue weighted by Gasteiger charge is 2.30. The summed E-state index contributed by atoms with van der Waals surface area (Å²) in [5, 5.41) is 14.4. The van der Waals surface area contributed by atoms with Gasteiger partial charge in [0.25, 0.3) is 0 Å². The molecule has 0 aromatic heterocycles. The fourth-order valence-corrected chi connectivity index (χ4v) is 1.65. The monoisotopic (exact) mass is 274 g/mol. The maximum atomic E-state index is 11.9. The highest BCUT2D eigenvalue weighted by molar-refractivity contribution is 5.76. The molecule has 6 nitrogen and oxygen atoms in total. The molecule has 0 aromatic rings. The minimum absolute atomic E-state index is 0.109. The van der Waals surface area contributed by atoms with E-state index in [1.807, 2.05) is 34.6 Å². The number of carbonyl (C=O) groups excluding carboxylic acids is 1. The van der Waals surface area contributed by atoms with Crippen molar-refractivity contribution in [1.82, 2.24) is 10.6 Å². The molecular weight excluding hydrogens is 248 g/mol. The van der Waals surface area contributed by atoms with Crippen molar-refractivity contribution in [1.29, 1.82) is 0 Å². The van der Waals surface area contributed by atoms with Crippen molar-refractivity contribution in [3.05, 3.63) is 0 Å². The van der Waals surface area contributed by atoms with Gasteiger partial charge in [-0.15, -0.1) is 0 Å². The molecule has 112 valence electrons. The number of methoxy groups -OCH3 is 1. The van der Waals surface area contributed by atoms with Crippen molar-refractivity contribution in [3.8, 4) is 0 Å². The molecule has 0 aromatic carbocycles. The second kappa shape index (κ2) is 6.75. The number of hydrogen-bond acceptors (Lipinski definition) is 3. The molecule has 6 heteroatoms. The van der Waals surface area contributed by atoms with Crippen LogP contribution in [0.4, 0.5) is 4.79 Å². The Bertz CT molecular complexity index is 321. The number of amides is 2. The maximum absolute atomic E-state index is 11.9. The minimum atomic E-state index is -0.934. The Morgan fingerprint density at radius 2 is 1.74 bits per heavy atom. The van der Waals surface area contributed by atoms with E-state index in [4.69, 9.17) is 9.84 Å². The molecule has 3 N–H and O–H groups in total. The van der Waals surface area contributed by atoms with Gasteiger partial charge in [-0.05, 0) is 19.3 Å². The fraction of sp³-hybridized carbons (Fsp3) is 0.846. The largest absolute Gasteiger partial charge is 0.481 e. The van der Waals surface area contributed by atoms with Crippen molar-refractivity contribution in [2.75, 3.05) is 13.7 Å². The summed E-state index contributed by atoms with van der Waals surface area (Å²) < 4.78 is 5.01. The van der Waals surface area contributed by atoms with Gasteiger partial charge in [-0.25, -0.2) is 4.79 Å². The number of aliphatic carboxylic acids is 1. The van der Waals surface area contributed by atoms with E-state index in [2.05, 4.69) is 10.6 Å². The Morgan fingerprint density at radius 3 is 2.11 bits per heavy atom. The van der Waals surface area contributed by atoms with Crippen LogP contribution >= 0.6 is 0 Å². The molecule has 0 spiro atoms. The summed E-state index contributed by atoms with van der Waals surface area (Å²) in [5.74, 6) is -0.934. The fourth-order valence-electron chi connectivity index (χ4n) is 1.65. The van der Waals surface area contributed by atoms with E-state index in [9.17, 15) is 9.59 Å². The normalized spacial score (nSPS) is 13.8. The van der Waals surface area contributed by atoms with Gasteiger partial charge in [-0.1, -0.05) is 20.8 Å². The zero-order valence-electron chi connectivity index (χ0n) is 12.7. The van der Waals surface area contributed by atoms with E-state index < -0.39 is 17.6 Å². The van der Waals surface area contributed by atoms with Gasteiger partial charge in [0, 0.05) is 13.2 Å². The van der Waals surface area contributed by atoms with Crippen LogP contribution in [0, 0.1) is 5.41 Å². The van der Waals surface area contributed by atoms with Gasteiger partial charge in [0.15, 0.2) is 0 Å². The van der Waals surface area contributed by atoms with Gasteiger partial charge in [-0.3, -0.25) is 4.79 Å². The quantitative estimate of drug-likeness (QED) is 0.686. The predicted molar refractivity (Wildman–Crippen MR) is 73.1 cm³/mol. The zero-order chi connectivity index (χ0) is 15.3. The number of rotatable bonds is 6. The van der Waals surface area contributed by atoms with Crippen LogP contribution in [0.5, 0.6) is 0 Å². The molecule has 0 aliphatic carbocycles. The van der Waals surface area contributed by atoms with Crippen LogP contribution in [-0.4, -0.2) is 42.4 Å². The number of urea groups is 1. The van der Waals surface area contributed by atoms with E-state index >= 15 is 0 Å². The topological polar surface area (TPSA) is 87.7 Å².